The predicted molar refractivity (Wildman–Crippen MR) is 71.0 cm³/mol. The highest BCUT2D eigenvalue weighted by atomic mass is 32.1. The topological polar surface area (TPSA) is 9.23 Å². The van der Waals surface area contributed by atoms with Crippen LogP contribution in [-0.2, 0) is 0 Å². The molecule has 0 spiro atoms. The first-order chi connectivity index (χ1) is 7.86. The highest BCUT2D eigenvalue weighted by molar-refractivity contribution is 7.08. The number of ether oxygens (including phenoxy) is 1. The van der Waals surface area contributed by atoms with Crippen molar-refractivity contribution in [1.82, 2.24) is 0 Å². The van der Waals surface area contributed by atoms with Gasteiger partial charge in [0.1, 0.15) is 5.75 Å². The van der Waals surface area contributed by atoms with Crippen molar-refractivity contribution in [3.05, 3.63) is 47.2 Å². The number of hydrogen-bond donors (Lipinski definition) is 0. The normalized spacial score (nSPS) is 10.1. The fourth-order valence-corrected chi connectivity index (χ4v) is 2.32. The second-order valence-electron chi connectivity index (χ2n) is 3.37. The highest BCUT2D eigenvalue weighted by Gasteiger charge is 2.09. The summed E-state index contributed by atoms with van der Waals surface area (Å²) in [5.74, 6) is 0.929. The van der Waals surface area contributed by atoms with Crippen LogP contribution < -0.4 is 4.74 Å². The summed E-state index contributed by atoms with van der Waals surface area (Å²) < 4.78 is 5.72. The van der Waals surface area contributed by atoms with E-state index in [2.05, 4.69) is 29.5 Å². The minimum absolute atomic E-state index is 0.669. The van der Waals surface area contributed by atoms with Gasteiger partial charge in [0.25, 0.3) is 0 Å². The molecule has 0 bridgehead atoms. The third-order valence-electron chi connectivity index (χ3n) is 2.39. The molecule has 1 nitrogen and oxygen atoms in total. The third kappa shape index (κ3) is 2.02. The lowest BCUT2D eigenvalue weighted by atomic mass is 10.0. The molecule has 0 aliphatic rings. The summed E-state index contributed by atoms with van der Waals surface area (Å²) in [6.07, 6.45) is 1.83. The molecule has 0 fully saturated rings. The molecule has 0 saturated heterocycles. The first kappa shape index (κ1) is 11.0. The lowest BCUT2D eigenvalue weighted by Gasteiger charge is -2.12. The standard InChI is InChI=1S/C14H14OS/c1-3-11-6-5-7-13(14(11)15-4-2)12-8-9-16-10-12/h3,5-10H,1,4H2,2H3. The molecule has 82 valence electrons. The van der Waals surface area contributed by atoms with Crippen LogP contribution in [0.15, 0.2) is 41.6 Å². The van der Waals surface area contributed by atoms with Crippen LogP contribution in [-0.4, -0.2) is 6.61 Å². The van der Waals surface area contributed by atoms with Gasteiger partial charge in [-0.05, 0) is 29.3 Å². The van der Waals surface area contributed by atoms with E-state index in [1.807, 2.05) is 25.1 Å². The smallest absolute Gasteiger partial charge is 0.134 e. The number of rotatable bonds is 4. The van der Waals surface area contributed by atoms with Crippen LogP contribution in [0.5, 0.6) is 5.75 Å². The molecule has 0 aliphatic carbocycles. The van der Waals surface area contributed by atoms with Crippen molar-refractivity contribution in [2.75, 3.05) is 6.61 Å². The number of hydrogen-bond acceptors (Lipinski definition) is 2. The molecule has 0 atom stereocenters. The molecule has 0 amide bonds. The Morgan fingerprint density at radius 1 is 1.38 bits per heavy atom. The zero-order chi connectivity index (χ0) is 11.4. The maximum Gasteiger partial charge on any atom is 0.134 e. The highest BCUT2D eigenvalue weighted by Crippen LogP contribution is 2.34. The summed E-state index contributed by atoms with van der Waals surface area (Å²) in [6, 6.07) is 8.25. The van der Waals surface area contributed by atoms with Crippen LogP contribution in [0.1, 0.15) is 12.5 Å². The quantitative estimate of drug-likeness (QED) is 0.753. The molecule has 0 N–H and O–H groups in total. The van der Waals surface area contributed by atoms with Gasteiger partial charge in [-0.1, -0.05) is 30.9 Å². The molecule has 0 aliphatic heterocycles. The molecule has 16 heavy (non-hydrogen) atoms. The van der Waals surface area contributed by atoms with E-state index >= 15 is 0 Å². The van der Waals surface area contributed by atoms with E-state index < -0.39 is 0 Å². The van der Waals surface area contributed by atoms with Gasteiger partial charge in [-0.25, -0.2) is 0 Å². The van der Waals surface area contributed by atoms with Gasteiger partial charge in [-0.15, -0.1) is 0 Å². The van der Waals surface area contributed by atoms with Gasteiger partial charge in [-0.3, -0.25) is 0 Å². The molecule has 2 rings (SSSR count). The Balaban J connectivity index is 2.55. The largest absolute Gasteiger partial charge is 0.493 e. The SMILES string of the molecule is C=Cc1cccc(-c2ccsc2)c1OCC. The Morgan fingerprint density at radius 3 is 2.88 bits per heavy atom. The Hall–Kier alpha value is -1.54. The molecule has 0 radical (unpaired) electrons. The fourth-order valence-electron chi connectivity index (χ4n) is 1.67. The molecule has 1 aromatic carbocycles. The van der Waals surface area contributed by atoms with Crippen LogP contribution in [0.3, 0.4) is 0 Å². The van der Waals surface area contributed by atoms with E-state index in [1.165, 1.54) is 5.56 Å². The number of para-hydroxylation sites is 1. The summed E-state index contributed by atoms with van der Waals surface area (Å²) in [6.45, 7) is 6.48. The van der Waals surface area contributed by atoms with Gasteiger partial charge in [-0.2, -0.15) is 11.3 Å². The van der Waals surface area contributed by atoms with Crippen LogP contribution in [0, 0.1) is 0 Å². The lowest BCUT2D eigenvalue weighted by molar-refractivity contribution is 0.341. The maximum absolute atomic E-state index is 5.72. The van der Waals surface area contributed by atoms with E-state index in [-0.39, 0.29) is 0 Å². The Bertz CT molecular complexity index is 471. The lowest BCUT2D eigenvalue weighted by Crippen LogP contribution is -1.96. The van der Waals surface area contributed by atoms with E-state index in [1.54, 1.807) is 11.3 Å². The average Bonchev–Trinajstić information content (AvgIpc) is 2.83. The molecular weight excluding hydrogens is 216 g/mol. The second kappa shape index (κ2) is 4.99. The number of thiophene rings is 1. The van der Waals surface area contributed by atoms with E-state index in [0.29, 0.717) is 6.61 Å². The van der Waals surface area contributed by atoms with Crippen molar-refractivity contribution < 1.29 is 4.74 Å². The number of benzene rings is 1. The van der Waals surface area contributed by atoms with Crippen LogP contribution in [0.25, 0.3) is 17.2 Å². The summed E-state index contributed by atoms with van der Waals surface area (Å²) in [4.78, 5) is 0. The van der Waals surface area contributed by atoms with E-state index in [4.69, 9.17) is 4.74 Å². The minimum atomic E-state index is 0.669. The minimum Gasteiger partial charge on any atom is -0.493 e. The molecule has 0 saturated carbocycles. The van der Waals surface area contributed by atoms with Gasteiger partial charge < -0.3 is 4.74 Å². The maximum atomic E-state index is 5.72. The molecule has 0 unspecified atom stereocenters. The van der Waals surface area contributed by atoms with Crippen molar-refractivity contribution in [3.63, 3.8) is 0 Å². The fraction of sp³-hybridized carbons (Fsp3) is 0.143. The summed E-state index contributed by atoms with van der Waals surface area (Å²) in [5.41, 5.74) is 3.39. The first-order valence-electron chi connectivity index (χ1n) is 5.27. The van der Waals surface area contributed by atoms with Crippen LogP contribution in [0.4, 0.5) is 0 Å². The van der Waals surface area contributed by atoms with Crippen LogP contribution >= 0.6 is 11.3 Å². The Kier molecular flexibility index (Phi) is 3.42. The molecule has 2 aromatic rings. The second-order valence-corrected chi connectivity index (χ2v) is 4.15. The molecule has 1 heterocycles. The van der Waals surface area contributed by atoms with Crippen molar-refractivity contribution in [2.24, 2.45) is 0 Å². The molecular formula is C14H14OS. The van der Waals surface area contributed by atoms with Gasteiger partial charge in [0, 0.05) is 11.1 Å². The van der Waals surface area contributed by atoms with Gasteiger partial charge in [0.2, 0.25) is 0 Å². The third-order valence-corrected chi connectivity index (χ3v) is 3.07. The summed E-state index contributed by atoms with van der Waals surface area (Å²) in [5, 5.41) is 4.20. The van der Waals surface area contributed by atoms with Gasteiger partial charge >= 0.3 is 0 Å². The average molecular weight is 230 g/mol. The summed E-state index contributed by atoms with van der Waals surface area (Å²) in [7, 11) is 0. The van der Waals surface area contributed by atoms with Crippen molar-refractivity contribution in [1.29, 1.82) is 0 Å². The zero-order valence-corrected chi connectivity index (χ0v) is 10.1. The Morgan fingerprint density at radius 2 is 2.25 bits per heavy atom. The van der Waals surface area contributed by atoms with Gasteiger partial charge in [0.15, 0.2) is 0 Å². The van der Waals surface area contributed by atoms with Gasteiger partial charge in [0.05, 0.1) is 6.61 Å². The zero-order valence-electron chi connectivity index (χ0n) is 9.27. The van der Waals surface area contributed by atoms with Crippen molar-refractivity contribution >= 4 is 17.4 Å². The van der Waals surface area contributed by atoms with Crippen molar-refractivity contribution in [2.45, 2.75) is 6.92 Å². The monoisotopic (exact) mass is 230 g/mol. The molecule has 2 heteroatoms. The van der Waals surface area contributed by atoms with Crippen molar-refractivity contribution in [3.8, 4) is 16.9 Å². The Labute approximate surface area is 100 Å². The van der Waals surface area contributed by atoms with E-state index in [9.17, 15) is 0 Å². The first-order valence-corrected chi connectivity index (χ1v) is 6.22. The predicted octanol–water partition coefficient (Wildman–Crippen LogP) is 4.46. The van der Waals surface area contributed by atoms with E-state index in [0.717, 1.165) is 16.9 Å². The van der Waals surface area contributed by atoms with Crippen LogP contribution in [0.2, 0.25) is 0 Å². The molecule has 1 aromatic heterocycles. The summed E-state index contributed by atoms with van der Waals surface area (Å²) >= 11 is 1.69.